The first-order chi connectivity index (χ1) is 15.0. The molecule has 1 amide bonds. The van der Waals surface area contributed by atoms with Crippen molar-refractivity contribution in [3.63, 3.8) is 0 Å². The van der Waals surface area contributed by atoms with Crippen molar-refractivity contribution in [2.45, 2.75) is 25.8 Å². The number of aromatic nitrogens is 3. The van der Waals surface area contributed by atoms with Gasteiger partial charge in [0.15, 0.2) is 5.82 Å². The number of hydrogen-bond acceptors (Lipinski definition) is 5. The van der Waals surface area contributed by atoms with Crippen LogP contribution in [0, 0.1) is 32.1 Å². The van der Waals surface area contributed by atoms with Gasteiger partial charge in [-0.3, -0.25) is 4.79 Å². The minimum atomic E-state index is -0.223. The number of benzene rings is 2. The summed E-state index contributed by atoms with van der Waals surface area (Å²) in [5.41, 5.74) is 5.50. The van der Waals surface area contributed by atoms with E-state index in [1.165, 1.54) is 23.5 Å². The first-order valence-electron chi connectivity index (χ1n) is 9.81. The Balaban J connectivity index is 1.53. The van der Waals surface area contributed by atoms with E-state index in [9.17, 15) is 10.1 Å². The van der Waals surface area contributed by atoms with Crippen molar-refractivity contribution in [1.29, 1.82) is 5.26 Å². The second-order valence-electron chi connectivity index (χ2n) is 7.36. The van der Waals surface area contributed by atoms with E-state index in [0.717, 1.165) is 32.7 Å². The molecular formula is C24H21N5OS. The number of fused-ring (bicyclic) bond motifs is 1. The summed E-state index contributed by atoms with van der Waals surface area (Å²) in [6.07, 6.45) is 1.45. The van der Waals surface area contributed by atoms with Gasteiger partial charge < -0.3 is 5.32 Å². The van der Waals surface area contributed by atoms with Crippen molar-refractivity contribution in [2.75, 3.05) is 11.1 Å². The summed E-state index contributed by atoms with van der Waals surface area (Å²) in [5.74, 6) is 0.320. The lowest BCUT2D eigenvalue weighted by Crippen LogP contribution is -2.17. The van der Waals surface area contributed by atoms with Crippen LogP contribution < -0.4 is 5.32 Å². The number of aryl methyl sites for hydroxylation is 3. The molecule has 0 aliphatic rings. The van der Waals surface area contributed by atoms with Gasteiger partial charge in [-0.2, -0.15) is 10.4 Å². The first-order valence-corrected chi connectivity index (χ1v) is 10.8. The van der Waals surface area contributed by atoms with E-state index in [-0.39, 0.29) is 11.7 Å². The molecule has 0 saturated carbocycles. The fourth-order valence-electron chi connectivity index (χ4n) is 3.51. The maximum atomic E-state index is 12.7. The number of carbonyl (C=O) groups excluding carboxylic acids is 1. The van der Waals surface area contributed by atoms with Gasteiger partial charge in [0, 0.05) is 5.39 Å². The van der Waals surface area contributed by atoms with E-state index in [1.54, 1.807) is 4.68 Å². The highest BCUT2D eigenvalue weighted by atomic mass is 32.2. The zero-order chi connectivity index (χ0) is 22.0. The molecule has 0 fully saturated rings. The molecule has 0 bridgehead atoms. The highest BCUT2D eigenvalue weighted by Gasteiger charge is 2.16. The molecule has 0 aliphatic heterocycles. The molecular weight excluding hydrogens is 406 g/mol. The predicted molar refractivity (Wildman–Crippen MR) is 124 cm³/mol. The van der Waals surface area contributed by atoms with Crippen molar-refractivity contribution >= 4 is 34.4 Å². The van der Waals surface area contributed by atoms with Crippen molar-refractivity contribution < 1.29 is 4.79 Å². The SMILES string of the molecule is Cc1cc(C)c2nc(SCC(=O)Nc3c(C#N)cnn3-c3ccccc3)cc(C)c2c1. The fourth-order valence-corrected chi connectivity index (χ4v) is 4.28. The van der Waals surface area contributed by atoms with Gasteiger partial charge in [-0.15, -0.1) is 0 Å². The molecule has 0 radical (unpaired) electrons. The lowest BCUT2D eigenvalue weighted by Gasteiger charge is -2.11. The number of nitrogens with one attached hydrogen (secondary N) is 1. The molecule has 2 aromatic carbocycles. The zero-order valence-electron chi connectivity index (χ0n) is 17.5. The van der Waals surface area contributed by atoms with Crippen LogP contribution in [0.3, 0.4) is 0 Å². The lowest BCUT2D eigenvalue weighted by molar-refractivity contribution is -0.113. The van der Waals surface area contributed by atoms with Gasteiger partial charge in [0.25, 0.3) is 0 Å². The van der Waals surface area contributed by atoms with Crippen LogP contribution in [0.15, 0.2) is 59.8 Å². The maximum absolute atomic E-state index is 12.7. The van der Waals surface area contributed by atoms with Crippen molar-refractivity contribution in [2.24, 2.45) is 0 Å². The summed E-state index contributed by atoms with van der Waals surface area (Å²) < 4.78 is 1.56. The van der Waals surface area contributed by atoms with Gasteiger partial charge in [0.1, 0.15) is 11.6 Å². The Morgan fingerprint density at radius 1 is 1.13 bits per heavy atom. The zero-order valence-corrected chi connectivity index (χ0v) is 18.3. The molecule has 4 aromatic rings. The molecule has 0 saturated heterocycles. The topological polar surface area (TPSA) is 83.6 Å². The minimum Gasteiger partial charge on any atom is -0.309 e. The molecule has 7 heteroatoms. The quantitative estimate of drug-likeness (QED) is 0.456. The number of carbonyl (C=O) groups is 1. The number of thioether (sulfide) groups is 1. The van der Waals surface area contributed by atoms with Gasteiger partial charge in [-0.1, -0.05) is 41.6 Å². The number of para-hydroxylation sites is 1. The van der Waals surface area contributed by atoms with Crippen LogP contribution in [-0.4, -0.2) is 26.4 Å². The number of hydrogen-bond donors (Lipinski definition) is 1. The molecule has 154 valence electrons. The average molecular weight is 428 g/mol. The third-order valence-corrected chi connectivity index (χ3v) is 5.84. The van der Waals surface area contributed by atoms with E-state index in [4.69, 9.17) is 4.98 Å². The van der Waals surface area contributed by atoms with Crippen LogP contribution >= 0.6 is 11.8 Å². The molecule has 0 atom stereocenters. The standard InChI is InChI=1S/C24H21N5OS/c1-15-9-17(3)23-20(10-15)16(2)11-22(28-23)31-14-21(30)27-24-18(12-25)13-26-29(24)19-7-5-4-6-8-19/h4-11,13H,14H2,1-3H3,(H,27,30). The summed E-state index contributed by atoms with van der Waals surface area (Å²) in [4.78, 5) is 17.4. The average Bonchev–Trinajstić information content (AvgIpc) is 3.16. The number of amides is 1. The van der Waals surface area contributed by atoms with Crippen LogP contribution in [0.2, 0.25) is 0 Å². The molecule has 0 spiro atoms. The molecule has 2 aromatic heterocycles. The Labute approximate surface area is 184 Å². The molecule has 4 rings (SSSR count). The Kier molecular flexibility index (Phi) is 5.74. The van der Waals surface area contributed by atoms with Crippen LogP contribution in [0.4, 0.5) is 5.82 Å². The van der Waals surface area contributed by atoms with Crippen LogP contribution in [0.25, 0.3) is 16.6 Å². The largest absolute Gasteiger partial charge is 0.309 e. The third-order valence-electron chi connectivity index (χ3n) is 4.93. The molecule has 31 heavy (non-hydrogen) atoms. The summed E-state index contributed by atoms with van der Waals surface area (Å²) in [6.45, 7) is 6.19. The number of anilines is 1. The van der Waals surface area contributed by atoms with Crippen LogP contribution in [0.5, 0.6) is 0 Å². The van der Waals surface area contributed by atoms with Gasteiger partial charge in [0.05, 0.1) is 28.2 Å². The van der Waals surface area contributed by atoms with Crippen LogP contribution in [-0.2, 0) is 4.79 Å². The number of rotatable bonds is 5. The van der Waals surface area contributed by atoms with Gasteiger partial charge in [-0.25, -0.2) is 9.67 Å². The van der Waals surface area contributed by atoms with Crippen molar-refractivity contribution in [3.8, 4) is 11.8 Å². The van der Waals surface area contributed by atoms with Crippen LogP contribution in [0.1, 0.15) is 22.3 Å². The van der Waals surface area contributed by atoms with Gasteiger partial charge >= 0.3 is 0 Å². The molecule has 2 heterocycles. The molecule has 1 N–H and O–H groups in total. The van der Waals surface area contributed by atoms with Crippen molar-refractivity contribution in [1.82, 2.24) is 14.8 Å². The second kappa shape index (κ2) is 8.62. The minimum absolute atomic E-state index is 0.174. The molecule has 6 nitrogen and oxygen atoms in total. The lowest BCUT2D eigenvalue weighted by atomic mass is 10.0. The summed E-state index contributed by atoms with van der Waals surface area (Å²) in [5, 5.41) is 18.4. The number of nitriles is 1. The maximum Gasteiger partial charge on any atom is 0.235 e. The predicted octanol–water partition coefficient (Wildman–Crippen LogP) is 4.95. The molecule has 0 aliphatic carbocycles. The van der Waals surface area contributed by atoms with E-state index in [1.807, 2.05) is 36.4 Å². The highest BCUT2D eigenvalue weighted by molar-refractivity contribution is 7.99. The highest BCUT2D eigenvalue weighted by Crippen LogP contribution is 2.27. The smallest absolute Gasteiger partial charge is 0.235 e. The number of nitrogens with zero attached hydrogens (tertiary/aromatic N) is 4. The second-order valence-corrected chi connectivity index (χ2v) is 8.35. The van der Waals surface area contributed by atoms with E-state index in [2.05, 4.69) is 49.4 Å². The summed E-state index contributed by atoms with van der Waals surface area (Å²) >= 11 is 1.37. The Bertz CT molecular complexity index is 1320. The Hall–Kier alpha value is -3.63. The van der Waals surface area contributed by atoms with Gasteiger partial charge in [-0.05, 0) is 56.2 Å². The fraction of sp³-hybridized carbons (Fsp3) is 0.167. The van der Waals surface area contributed by atoms with E-state index in [0.29, 0.717) is 11.4 Å². The first kappa shape index (κ1) is 20.6. The number of pyridine rings is 1. The monoisotopic (exact) mass is 427 g/mol. The molecule has 0 unspecified atom stereocenters. The summed E-state index contributed by atoms with van der Waals surface area (Å²) in [6, 6.07) is 17.7. The Morgan fingerprint density at radius 3 is 2.65 bits per heavy atom. The van der Waals surface area contributed by atoms with Crippen molar-refractivity contribution in [3.05, 3.63) is 77.0 Å². The van der Waals surface area contributed by atoms with Gasteiger partial charge in [0.2, 0.25) is 5.91 Å². The Morgan fingerprint density at radius 2 is 1.90 bits per heavy atom. The third kappa shape index (κ3) is 4.30. The van der Waals surface area contributed by atoms with E-state index >= 15 is 0 Å². The normalized spacial score (nSPS) is 10.8. The van der Waals surface area contributed by atoms with E-state index < -0.39 is 0 Å². The summed E-state index contributed by atoms with van der Waals surface area (Å²) in [7, 11) is 0.